The molecule has 0 fully saturated rings. The first-order chi connectivity index (χ1) is 8.68. The van der Waals surface area contributed by atoms with Crippen molar-refractivity contribution in [3.05, 3.63) is 41.5 Å². The van der Waals surface area contributed by atoms with Gasteiger partial charge in [0.1, 0.15) is 5.76 Å². The van der Waals surface area contributed by atoms with Crippen molar-refractivity contribution in [2.24, 2.45) is 0 Å². The summed E-state index contributed by atoms with van der Waals surface area (Å²) in [7, 11) is -1.92. The first-order valence-electron chi connectivity index (χ1n) is 6.97. The highest BCUT2D eigenvalue weighted by atomic mass is 28.4. The lowest BCUT2D eigenvalue weighted by Crippen LogP contribution is -2.56. The third-order valence-electron chi connectivity index (χ3n) is 3.16. The van der Waals surface area contributed by atoms with Crippen LogP contribution in [-0.2, 0) is 4.43 Å². The summed E-state index contributed by atoms with van der Waals surface area (Å²) in [6.07, 6.45) is 2.24. The summed E-state index contributed by atoms with van der Waals surface area (Å²) < 4.78 is 6.36. The average molecular weight is 275 g/mol. The summed E-state index contributed by atoms with van der Waals surface area (Å²) in [6, 6.07) is 8.53. The quantitative estimate of drug-likeness (QED) is 0.833. The molecule has 1 unspecified atom stereocenters. The van der Waals surface area contributed by atoms with Crippen LogP contribution in [0.5, 0.6) is 0 Å². The van der Waals surface area contributed by atoms with E-state index in [-0.39, 0.29) is 5.54 Å². The van der Waals surface area contributed by atoms with Crippen molar-refractivity contribution in [2.45, 2.75) is 52.2 Å². The smallest absolute Gasteiger partial charge is 0.322 e. The fourth-order valence-electron chi connectivity index (χ4n) is 2.82. The minimum absolute atomic E-state index is 0.0834. The number of allylic oxidation sites excluding steroid dienone is 1. The van der Waals surface area contributed by atoms with Crippen LogP contribution in [0.4, 0.5) is 0 Å². The molecule has 104 valence electrons. The second kappa shape index (κ2) is 4.80. The summed E-state index contributed by atoms with van der Waals surface area (Å²) >= 11 is 0. The Kier molecular flexibility index (Phi) is 3.62. The van der Waals surface area contributed by atoms with Crippen LogP contribution in [-0.4, -0.2) is 14.0 Å². The van der Waals surface area contributed by atoms with Gasteiger partial charge in [-0.25, -0.2) is 0 Å². The van der Waals surface area contributed by atoms with Gasteiger partial charge in [0, 0.05) is 17.0 Å². The number of benzene rings is 1. The molecule has 1 aromatic rings. The summed E-state index contributed by atoms with van der Waals surface area (Å²) in [5, 5.41) is 0. The molecule has 0 radical (unpaired) electrons. The van der Waals surface area contributed by atoms with Gasteiger partial charge in [-0.05, 0) is 45.5 Å². The van der Waals surface area contributed by atoms with Gasteiger partial charge in [-0.3, -0.25) is 0 Å². The molecule has 2 rings (SSSR count). The molecule has 0 aromatic heterocycles. The Hall–Kier alpha value is -1.06. The molecule has 2 nitrogen and oxygen atoms in total. The minimum Gasteiger partial charge on any atom is -0.530 e. The van der Waals surface area contributed by atoms with Gasteiger partial charge >= 0.3 is 8.48 Å². The molecule has 0 saturated carbocycles. The van der Waals surface area contributed by atoms with E-state index in [0.717, 1.165) is 5.76 Å². The topological polar surface area (TPSA) is 21.3 Å². The van der Waals surface area contributed by atoms with Gasteiger partial charge in [0.2, 0.25) is 0 Å². The number of fused-ring (bicyclic) bond motifs is 1. The standard InChI is InChI=1S/C16H25NOSi/c1-12-11-15(14-10-8-7-9-13(12)14)18-19(5,6)17-16(2,3)4/h7-12,17H,1-6H3. The third-order valence-corrected chi connectivity index (χ3v) is 5.24. The summed E-state index contributed by atoms with van der Waals surface area (Å²) in [5.41, 5.74) is 2.71. The highest BCUT2D eigenvalue weighted by Crippen LogP contribution is 2.37. The van der Waals surface area contributed by atoms with E-state index in [0.29, 0.717) is 5.92 Å². The van der Waals surface area contributed by atoms with E-state index in [1.807, 2.05) is 0 Å². The van der Waals surface area contributed by atoms with Crippen LogP contribution in [0.2, 0.25) is 13.1 Å². The summed E-state index contributed by atoms with van der Waals surface area (Å²) in [6.45, 7) is 13.2. The molecule has 1 atom stereocenters. The molecule has 1 aliphatic carbocycles. The zero-order chi connectivity index (χ0) is 14.3. The lowest BCUT2D eigenvalue weighted by atomic mass is 10.0. The second-order valence-electron chi connectivity index (χ2n) is 6.89. The lowest BCUT2D eigenvalue weighted by molar-refractivity contribution is 0.425. The van der Waals surface area contributed by atoms with Crippen LogP contribution >= 0.6 is 0 Å². The van der Waals surface area contributed by atoms with Gasteiger partial charge in [0.25, 0.3) is 0 Å². The molecule has 1 N–H and O–H groups in total. The van der Waals surface area contributed by atoms with Crippen molar-refractivity contribution in [1.82, 2.24) is 4.98 Å². The maximum atomic E-state index is 6.36. The van der Waals surface area contributed by atoms with Crippen LogP contribution in [0, 0.1) is 0 Å². The minimum atomic E-state index is -1.92. The van der Waals surface area contributed by atoms with Crippen molar-refractivity contribution >= 4 is 14.2 Å². The predicted octanol–water partition coefficient (Wildman–Crippen LogP) is 4.25. The normalized spacial score (nSPS) is 19.1. The monoisotopic (exact) mass is 275 g/mol. The molecule has 0 bridgehead atoms. The van der Waals surface area contributed by atoms with Gasteiger partial charge in [-0.1, -0.05) is 31.2 Å². The predicted molar refractivity (Wildman–Crippen MR) is 84.3 cm³/mol. The Morgan fingerprint density at radius 2 is 1.79 bits per heavy atom. The summed E-state index contributed by atoms with van der Waals surface area (Å²) in [4.78, 5) is 3.64. The van der Waals surface area contributed by atoms with E-state index >= 15 is 0 Å². The fraction of sp³-hybridized carbons (Fsp3) is 0.500. The van der Waals surface area contributed by atoms with Crippen LogP contribution in [0.25, 0.3) is 5.76 Å². The highest BCUT2D eigenvalue weighted by molar-refractivity contribution is 6.69. The molecular formula is C16H25NOSi. The van der Waals surface area contributed by atoms with E-state index in [9.17, 15) is 0 Å². The molecule has 0 saturated heterocycles. The van der Waals surface area contributed by atoms with E-state index in [1.54, 1.807) is 0 Å². The van der Waals surface area contributed by atoms with Crippen molar-refractivity contribution in [3.8, 4) is 0 Å². The second-order valence-corrected chi connectivity index (χ2v) is 10.4. The van der Waals surface area contributed by atoms with Gasteiger partial charge in [0.05, 0.1) is 0 Å². The molecule has 3 heteroatoms. The molecule has 0 heterocycles. The number of hydrogen-bond donors (Lipinski definition) is 1. The molecular weight excluding hydrogens is 250 g/mol. The zero-order valence-corrected chi connectivity index (χ0v) is 13.9. The zero-order valence-electron chi connectivity index (χ0n) is 12.9. The highest BCUT2D eigenvalue weighted by Gasteiger charge is 2.33. The van der Waals surface area contributed by atoms with Crippen molar-refractivity contribution < 1.29 is 4.43 Å². The van der Waals surface area contributed by atoms with Gasteiger partial charge in [0.15, 0.2) is 0 Å². The summed E-state index contributed by atoms with van der Waals surface area (Å²) in [5.74, 6) is 1.50. The third kappa shape index (κ3) is 3.48. The van der Waals surface area contributed by atoms with Crippen molar-refractivity contribution in [2.75, 3.05) is 0 Å². The molecule has 1 aromatic carbocycles. The van der Waals surface area contributed by atoms with Crippen LogP contribution in [0.3, 0.4) is 0 Å². The van der Waals surface area contributed by atoms with Gasteiger partial charge in [-0.15, -0.1) is 0 Å². The number of rotatable bonds is 3. The van der Waals surface area contributed by atoms with Crippen molar-refractivity contribution in [3.63, 3.8) is 0 Å². The Morgan fingerprint density at radius 1 is 1.16 bits per heavy atom. The SMILES string of the molecule is CC1C=C(O[Si](C)(C)NC(C)(C)C)c2ccccc21. The fourth-order valence-corrected chi connectivity index (χ4v) is 5.40. The van der Waals surface area contributed by atoms with Crippen LogP contribution in [0.1, 0.15) is 44.7 Å². The van der Waals surface area contributed by atoms with E-state index in [1.165, 1.54) is 11.1 Å². The Morgan fingerprint density at radius 3 is 2.42 bits per heavy atom. The largest absolute Gasteiger partial charge is 0.530 e. The number of nitrogens with one attached hydrogen (secondary N) is 1. The van der Waals surface area contributed by atoms with Gasteiger partial charge < -0.3 is 9.41 Å². The lowest BCUT2D eigenvalue weighted by Gasteiger charge is -2.33. The molecule has 19 heavy (non-hydrogen) atoms. The molecule has 1 aliphatic rings. The number of hydrogen-bond acceptors (Lipinski definition) is 2. The Balaban J connectivity index is 2.19. The Labute approximate surface area is 118 Å². The van der Waals surface area contributed by atoms with E-state index < -0.39 is 8.48 Å². The van der Waals surface area contributed by atoms with Crippen LogP contribution < -0.4 is 4.98 Å². The van der Waals surface area contributed by atoms with Crippen molar-refractivity contribution in [1.29, 1.82) is 0 Å². The van der Waals surface area contributed by atoms with Gasteiger partial charge in [-0.2, -0.15) is 0 Å². The van der Waals surface area contributed by atoms with Crippen LogP contribution in [0.15, 0.2) is 30.3 Å². The average Bonchev–Trinajstić information content (AvgIpc) is 2.52. The molecule has 0 aliphatic heterocycles. The first-order valence-corrected chi connectivity index (χ1v) is 9.88. The molecule has 0 amide bonds. The molecule has 0 spiro atoms. The maximum absolute atomic E-state index is 6.36. The maximum Gasteiger partial charge on any atom is 0.322 e. The Bertz CT molecular complexity index is 500. The van der Waals surface area contributed by atoms with E-state index in [2.05, 4.69) is 76.1 Å². The van der Waals surface area contributed by atoms with E-state index in [4.69, 9.17) is 4.43 Å². The first kappa shape index (κ1) is 14.3.